The van der Waals surface area contributed by atoms with Crippen LogP contribution in [0.4, 0.5) is 0 Å². The molecule has 2 aromatic heterocycles. The molecule has 1 fully saturated rings. The molecule has 0 amide bonds. The van der Waals surface area contributed by atoms with Crippen molar-refractivity contribution >= 4 is 21.4 Å². The summed E-state index contributed by atoms with van der Waals surface area (Å²) in [5, 5.41) is 5.18. The second-order valence-corrected chi connectivity index (χ2v) is 7.83. The van der Waals surface area contributed by atoms with Gasteiger partial charge in [0, 0.05) is 30.4 Å². The summed E-state index contributed by atoms with van der Waals surface area (Å²) < 4.78 is 32.5. The Morgan fingerprint density at radius 1 is 1.33 bits per heavy atom. The Morgan fingerprint density at radius 2 is 2.19 bits per heavy atom. The molecule has 0 unspecified atom stereocenters. The van der Waals surface area contributed by atoms with E-state index < -0.39 is 10.0 Å². The maximum Gasteiger partial charge on any atom is 0.241 e. The summed E-state index contributed by atoms with van der Waals surface area (Å²) in [7, 11) is -3.45. The Morgan fingerprint density at radius 3 is 2.90 bits per heavy atom. The highest BCUT2D eigenvalue weighted by Gasteiger charge is 2.23. The predicted octanol–water partition coefficient (Wildman–Crippen LogP) is 2.11. The van der Waals surface area contributed by atoms with Crippen LogP contribution in [0.5, 0.6) is 0 Å². The third kappa shape index (κ3) is 3.94. The van der Waals surface area contributed by atoms with Gasteiger partial charge in [-0.1, -0.05) is 0 Å². The van der Waals surface area contributed by atoms with Crippen molar-refractivity contribution in [1.29, 1.82) is 0 Å². The van der Waals surface area contributed by atoms with Gasteiger partial charge < -0.3 is 9.73 Å². The summed E-state index contributed by atoms with van der Waals surface area (Å²) in [6, 6.07) is 5.87. The monoisotopic (exact) mass is 326 g/mol. The van der Waals surface area contributed by atoms with Crippen LogP contribution in [0.2, 0.25) is 0 Å². The predicted molar refractivity (Wildman–Crippen MR) is 81.8 cm³/mol. The summed E-state index contributed by atoms with van der Waals surface area (Å²) in [5.41, 5.74) is 0. The van der Waals surface area contributed by atoms with Gasteiger partial charge in [0.1, 0.15) is 5.76 Å². The van der Waals surface area contributed by atoms with Gasteiger partial charge in [0.2, 0.25) is 10.0 Å². The molecule has 0 spiro atoms. The van der Waals surface area contributed by atoms with E-state index in [1.807, 2.05) is 11.4 Å². The second-order valence-electron chi connectivity index (χ2n) is 5.09. The molecule has 1 saturated carbocycles. The zero-order valence-corrected chi connectivity index (χ0v) is 13.2. The second kappa shape index (κ2) is 6.31. The summed E-state index contributed by atoms with van der Waals surface area (Å²) in [6.07, 6.45) is 4.51. The van der Waals surface area contributed by atoms with Crippen LogP contribution in [0.3, 0.4) is 0 Å². The molecule has 21 heavy (non-hydrogen) atoms. The van der Waals surface area contributed by atoms with Crippen LogP contribution in [0, 0.1) is 0 Å². The average Bonchev–Trinajstić information content (AvgIpc) is 2.93. The van der Waals surface area contributed by atoms with E-state index in [1.165, 1.54) is 24.2 Å². The van der Waals surface area contributed by atoms with E-state index in [1.54, 1.807) is 18.4 Å². The standard InChI is InChI=1S/C14H18N2O3S2/c17-21(18,16-7-5-12-2-1-8-19-12)14-6-9-20-13(14)10-15-11-3-4-11/h1-2,6,8-9,11,15-16H,3-5,7,10H2. The van der Waals surface area contributed by atoms with Crippen molar-refractivity contribution in [2.24, 2.45) is 0 Å². The summed E-state index contributed by atoms with van der Waals surface area (Å²) in [6.45, 7) is 0.956. The summed E-state index contributed by atoms with van der Waals surface area (Å²) in [4.78, 5) is 1.26. The molecule has 2 heterocycles. The first kappa shape index (κ1) is 14.8. The van der Waals surface area contributed by atoms with Crippen LogP contribution in [0.25, 0.3) is 0 Å². The maximum atomic E-state index is 12.3. The highest BCUT2D eigenvalue weighted by Crippen LogP contribution is 2.24. The van der Waals surface area contributed by atoms with E-state index in [4.69, 9.17) is 4.42 Å². The Bertz CT molecular complexity index is 673. The normalized spacial score (nSPS) is 15.4. The van der Waals surface area contributed by atoms with Crippen molar-refractivity contribution < 1.29 is 12.8 Å². The largest absolute Gasteiger partial charge is 0.469 e. The quantitative estimate of drug-likeness (QED) is 0.779. The molecule has 0 bridgehead atoms. The fourth-order valence-corrected chi connectivity index (χ4v) is 4.49. The van der Waals surface area contributed by atoms with E-state index in [0.717, 1.165) is 10.6 Å². The van der Waals surface area contributed by atoms with Crippen molar-refractivity contribution in [3.8, 4) is 0 Å². The van der Waals surface area contributed by atoms with E-state index in [-0.39, 0.29) is 0 Å². The van der Waals surface area contributed by atoms with Gasteiger partial charge in [-0.05, 0) is 36.4 Å². The van der Waals surface area contributed by atoms with Crippen LogP contribution < -0.4 is 10.0 Å². The average molecular weight is 326 g/mol. The number of furan rings is 1. The Balaban J connectivity index is 1.59. The number of thiophene rings is 1. The molecule has 2 aromatic rings. The zero-order valence-electron chi connectivity index (χ0n) is 11.5. The van der Waals surface area contributed by atoms with Crippen LogP contribution in [0.1, 0.15) is 23.5 Å². The first-order chi connectivity index (χ1) is 10.1. The molecule has 7 heteroatoms. The number of hydrogen-bond donors (Lipinski definition) is 2. The fourth-order valence-electron chi connectivity index (χ4n) is 2.06. The van der Waals surface area contributed by atoms with Gasteiger partial charge in [0.05, 0.1) is 11.2 Å². The number of sulfonamides is 1. The minimum atomic E-state index is -3.45. The van der Waals surface area contributed by atoms with Gasteiger partial charge >= 0.3 is 0 Å². The van der Waals surface area contributed by atoms with E-state index in [9.17, 15) is 8.42 Å². The third-order valence-electron chi connectivity index (χ3n) is 3.37. The van der Waals surface area contributed by atoms with E-state index in [0.29, 0.717) is 30.4 Å². The number of hydrogen-bond acceptors (Lipinski definition) is 5. The minimum Gasteiger partial charge on any atom is -0.469 e. The number of nitrogens with one attached hydrogen (secondary N) is 2. The molecule has 3 rings (SSSR count). The van der Waals surface area contributed by atoms with E-state index in [2.05, 4.69) is 10.0 Å². The van der Waals surface area contributed by atoms with Crippen LogP contribution in [-0.2, 0) is 23.0 Å². The molecule has 2 N–H and O–H groups in total. The topological polar surface area (TPSA) is 71.3 Å². The lowest BCUT2D eigenvalue weighted by Crippen LogP contribution is -2.27. The van der Waals surface area contributed by atoms with E-state index >= 15 is 0 Å². The molecule has 0 atom stereocenters. The van der Waals surface area contributed by atoms with Gasteiger partial charge in [-0.15, -0.1) is 11.3 Å². The number of rotatable bonds is 8. The first-order valence-corrected chi connectivity index (χ1v) is 9.33. The molecule has 0 radical (unpaired) electrons. The van der Waals surface area contributed by atoms with Crippen molar-refractivity contribution in [2.75, 3.05) is 6.54 Å². The van der Waals surface area contributed by atoms with Gasteiger partial charge in [-0.3, -0.25) is 0 Å². The van der Waals surface area contributed by atoms with Gasteiger partial charge in [0.25, 0.3) is 0 Å². The smallest absolute Gasteiger partial charge is 0.241 e. The molecule has 114 valence electrons. The van der Waals surface area contributed by atoms with Gasteiger partial charge in [0.15, 0.2) is 0 Å². The van der Waals surface area contributed by atoms with Crippen molar-refractivity contribution in [3.05, 3.63) is 40.5 Å². The molecule has 0 saturated heterocycles. The molecule has 1 aliphatic rings. The van der Waals surface area contributed by atoms with Gasteiger partial charge in [-0.2, -0.15) is 0 Å². The molecule has 5 nitrogen and oxygen atoms in total. The Hall–Kier alpha value is -1.15. The fraction of sp³-hybridized carbons (Fsp3) is 0.429. The molecular weight excluding hydrogens is 308 g/mol. The lowest BCUT2D eigenvalue weighted by molar-refractivity contribution is 0.506. The van der Waals surface area contributed by atoms with Crippen molar-refractivity contribution in [1.82, 2.24) is 10.0 Å². The summed E-state index contributed by atoms with van der Waals surface area (Å²) in [5.74, 6) is 0.777. The minimum absolute atomic E-state index is 0.335. The Kier molecular flexibility index (Phi) is 4.44. The lowest BCUT2D eigenvalue weighted by atomic mass is 10.3. The highest BCUT2D eigenvalue weighted by atomic mass is 32.2. The van der Waals surface area contributed by atoms with Crippen LogP contribution in [0.15, 0.2) is 39.2 Å². The van der Waals surface area contributed by atoms with Crippen molar-refractivity contribution in [2.45, 2.75) is 36.7 Å². The molecular formula is C14H18N2O3S2. The molecule has 1 aliphatic carbocycles. The first-order valence-electron chi connectivity index (χ1n) is 6.97. The van der Waals surface area contributed by atoms with Crippen LogP contribution in [-0.4, -0.2) is 21.0 Å². The van der Waals surface area contributed by atoms with Crippen molar-refractivity contribution in [3.63, 3.8) is 0 Å². The van der Waals surface area contributed by atoms with Crippen LogP contribution >= 0.6 is 11.3 Å². The molecule has 0 aliphatic heterocycles. The highest BCUT2D eigenvalue weighted by molar-refractivity contribution is 7.89. The third-order valence-corrected chi connectivity index (χ3v) is 5.96. The molecule has 0 aromatic carbocycles. The van der Waals surface area contributed by atoms with Gasteiger partial charge in [-0.25, -0.2) is 13.1 Å². The summed E-state index contributed by atoms with van der Waals surface area (Å²) >= 11 is 1.48. The zero-order chi connectivity index (χ0) is 14.7. The lowest BCUT2D eigenvalue weighted by Gasteiger charge is -2.08. The maximum absolute atomic E-state index is 12.3. The Labute approximate surface area is 128 Å². The SMILES string of the molecule is O=S(=O)(NCCc1ccco1)c1ccsc1CNC1CC1.